The van der Waals surface area contributed by atoms with Crippen molar-refractivity contribution in [3.63, 3.8) is 0 Å². The molecular formula is C25H23NO6. The summed E-state index contributed by atoms with van der Waals surface area (Å²) < 4.78 is 16.5. The van der Waals surface area contributed by atoms with Gasteiger partial charge in [-0.15, -0.1) is 0 Å². The van der Waals surface area contributed by atoms with Gasteiger partial charge in [0.05, 0.1) is 31.2 Å². The number of ether oxygens (including phenoxy) is 2. The molecule has 0 spiro atoms. The number of rotatable bonds is 6. The van der Waals surface area contributed by atoms with Gasteiger partial charge in [0, 0.05) is 5.56 Å². The van der Waals surface area contributed by atoms with Crippen LogP contribution < -0.4 is 14.4 Å². The van der Waals surface area contributed by atoms with Crippen LogP contribution in [0, 0.1) is 6.92 Å². The lowest BCUT2D eigenvalue weighted by Gasteiger charge is -2.24. The van der Waals surface area contributed by atoms with E-state index in [9.17, 15) is 14.7 Å². The number of para-hydroxylation sites is 2. The highest BCUT2D eigenvalue weighted by molar-refractivity contribution is 6.51. The first-order valence-corrected chi connectivity index (χ1v) is 10.2. The number of aliphatic hydroxyl groups excluding tert-OH is 1. The van der Waals surface area contributed by atoms with Crippen molar-refractivity contribution in [2.75, 3.05) is 18.6 Å². The molecule has 1 N–H and O–H groups in total. The van der Waals surface area contributed by atoms with Crippen molar-refractivity contribution in [1.29, 1.82) is 0 Å². The monoisotopic (exact) mass is 433 g/mol. The number of ketones is 1. The SMILES string of the molecule is CCOc1ccc(/C(O)=C2/C(=O)C(=O)N(c3ccccc3OC)C2c2ccco2)cc1C. The average Bonchev–Trinajstić information content (AvgIpc) is 3.42. The van der Waals surface area contributed by atoms with Crippen molar-refractivity contribution in [3.8, 4) is 11.5 Å². The fourth-order valence-electron chi connectivity index (χ4n) is 3.90. The van der Waals surface area contributed by atoms with Crippen molar-refractivity contribution in [2.24, 2.45) is 0 Å². The minimum absolute atomic E-state index is 0.0561. The number of aliphatic hydroxyl groups is 1. The molecule has 2 aromatic carbocycles. The molecule has 32 heavy (non-hydrogen) atoms. The number of carbonyl (C=O) groups excluding carboxylic acids is 2. The van der Waals surface area contributed by atoms with E-state index in [1.807, 2.05) is 13.8 Å². The normalized spacial score (nSPS) is 17.6. The lowest BCUT2D eigenvalue weighted by molar-refractivity contribution is -0.132. The molecule has 0 aliphatic carbocycles. The van der Waals surface area contributed by atoms with Crippen LogP contribution in [-0.4, -0.2) is 30.5 Å². The van der Waals surface area contributed by atoms with E-state index in [0.29, 0.717) is 35.1 Å². The van der Waals surface area contributed by atoms with Crippen LogP contribution in [0.15, 0.2) is 70.9 Å². The highest BCUT2D eigenvalue weighted by Crippen LogP contribution is 2.45. The number of benzene rings is 2. The zero-order valence-electron chi connectivity index (χ0n) is 18.0. The molecule has 164 valence electrons. The zero-order valence-corrected chi connectivity index (χ0v) is 18.0. The molecule has 1 aliphatic heterocycles. The molecular weight excluding hydrogens is 410 g/mol. The fourth-order valence-corrected chi connectivity index (χ4v) is 3.90. The van der Waals surface area contributed by atoms with Gasteiger partial charge in [0.1, 0.15) is 29.1 Å². The molecule has 1 fully saturated rings. The Labute approximate surface area is 185 Å². The molecule has 7 heteroatoms. The number of aryl methyl sites for hydroxylation is 1. The van der Waals surface area contributed by atoms with Crippen LogP contribution in [0.3, 0.4) is 0 Å². The molecule has 7 nitrogen and oxygen atoms in total. The number of amides is 1. The summed E-state index contributed by atoms with van der Waals surface area (Å²) in [7, 11) is 1.49. The zero-order chi connectivity index (χ0) is 22.8. The van der Waals surface area contributed by atoms with Gasteiger partial charge in [-0.25, -0.2) is 0 Å². The van der Waals surface area contributed by atoms with Crippen LogP contribution in [0.1, 0.15) is 29.9 Å². The summed E-state index contributed by atoms with van der Waals surface area (Å²) in [5, 5.41) is 11.2. The third-order valence-electron chi connectivity index (χ3n) is 5.35. The van der Waals surface area contributed by atoms with Gasteiger partial charge in [0.25, 0.3) is 11.7 Å². The maximum atomic E-state index is 13.1. The van der Waals surface area contributed by atoms with Crippen molar-refractivity contribution in [3.05, 3.63) is 83.3 Å². The fraction of sp³-hybridized carbons (Fsp3) is 0.200. The molecule has 1 atom stereocenters. The number of anilines is 1. The predicted molar refractivity (Wildman–Crippen MR) is 119 cm³/mol. The summed E-state index contributed by atoms with van der Waals surface area (Å²) in [5.41, 5.74) is 1.55. The van der Waals surface area contributed by atoms with Gasteiger partial charge in [-0.2, -0.15) is 0 Å². The van der Waals surface area contributed by atoms with E-state index in [4.69, 9.17) is 13.9 Å². The van der Waals surface area contributed by atoms with E-state index in [1.54, 1.807) is 54.6 Å². The third-order valence-corrected chi connectivity index (χ3v) is 5.35. The third kappa shape index (κ3) is 3.51. The topological polar surface area (TPSA) is 89.2 Å². The van der Waals surface area contributed by atoms with Crippen LogP contribution in [0.5, 0.6) is 11.5 Å². The molecule has 2 heterocycles. The van der Waals surface area contributed by atoms with Crippen molar-refractivity contribution in [2.45, 2.75) is 19.9 Å². The standard InChI is InChI=1S/C25H23NO6/c1-4-31-18-12-11-16(14-15(18)2)23(27)21-22(20-10-7-13-32-20)26(25(29)24(21)28)17-8-5-6-9-19(17)30-3/h5-14,22,27H,4H2,1-3H3/b23-21-. The Kier molecular flexibility index (Phi) is 5.73. The highest BCUT2D eigenvalue weighted by atomic mass is 16.5. The quantitative estimate of drug-likeness (QED) is 0.347. The van der Waals surface area contributed by atoms with Gasteiger partial charge in [0.2, 0.25) is 0 Å². The Balaban J connectivity index is 1.90. The number of hydrogen-bond donors (Lipinski definition) is 1. The number of Topliss-reactive ketones (excluding diaryl/α,β-unsaturated/α-hetero) is 1. The molecule has 1 unspecified atom stereocenters. The first-order valence-electron chi connectivity index (χ1n) is 10.2. The Hall–Kier alpha value is -4.00. The average molecular weight is 433 g/mol. The van der Waals surface area contributed by atoms with Crippen LogP contribution >= 0.6 is 0 Å². The molecule has 0 saturated carbocycles. The Morgan fingerprint density at radius 3 is 2.53 bits per heavy atom. The summed E-state index contributed by atoms with van der Waals surface area (Å²) in [4.78, 5) is 27.6. The predicted octanol–water partition coefficient (Wildman–Crippen LogP) is 4.62. The van der Waals surface area contributed by atoms with Crippen molar-refractivity contribution < 1.29 is 28.6 Å². The number of methoxy groups -OCH3 is 1. The number of nitrogens with zero attached hydrogens (tertiary/aromatic N) is 1. The molecule has 0 radical (unpaired) electrons. The van der Waals surface area contributed by atoms with Crippen molar-refractivity contribution in [1.82, 2.24) is 0 Å². The second-order valence-corrected chi connectivity index (χ2v) is 7.27. The Morgan fingerprint density at radius 2 is 1.88 bits per heavy atom. The maximum Gasteiger partial charge on any atom is 0.300 e. The second kappa shape index (κ2) is 8.63. The smallest absolute Gasteiger partial charge is 0.300 e. The van der Waals surface area contributed by atoms with E-state index in [0.717, 1.165) is 5.56 Å². The lowest BCUT2D eigenvalue weighted by atomic mass is 9.98. The molecule has 1 aromatic heterocycles. The van der Waals surface area contributed by atoms with Gasteiger partial charge >= 0.3 is 0 Å². The van der Waals surface area contributed by atoms with Crippen LogP contribution in [-0.2, 0) is 9.59 Å². The summed E-state index contributed by atoms with van der Waals surface area (Å²) in [5.74, 6) is -0.418. The van der Waals surface area contributed by atoms with Gasteiger partial charge < -0.3 is 19.0 Å². The van der Waals surface area contributed by atoms with Crippen LogP contribution in [0.4, 0.5) is 5.69 Å². The maximum absolute atomic E-state index is 13.1. The largest absolute Gasteiger partial charge is 0.507 e. The summed E-state index contributed by atoms with van der Waals surface area (Å²) >= 11 is 0. The van der Waals surface area contributed by atoms with E-state index in [2.05, 4.69) is 0 Å². The molecule has 3 aromatic rings. The van der Waals surface area contributed by atoms with E-state index in [-0.39, 0.29) is 11.3 Å². The van der Waals surface area contributed by atoms with E-state index in [1.165, 1.54) is 18.3 Å². The van der Waals surface area contributed by atoms with Crippen LogP contribution in [0.25, 0.3) is 5.76 Å². The summed E-state index contributed by atoms with van der Waals surface area (Å²) in [6.45, 7) is 4.24. The number of hydrogen-bond acceptors (Lipinski definition) is 6. The Morgan fingerprint density at radius 1 is 1.09 bits per heavy atom. The summed E-state index contributed by atoms with van der Waals surface area (Å²) in [6.07, 6.45) is 1.46. The molecule has 0 bridgehead atoms. The van der Waals surface area contributed by atoms with Gasteiger partial charge in [-0.1, -0.05) is 12.1 Å². The lowest BCUT2D eigenvalue weighted by Crippen LogP contribution is -2.29. The second-order valence-electron chi connectivity index (χ2n) is 7.27. The Bertz CT molecular complexity index is 1190. The molecule has 1 aliphatic rings. The molecule has 1 saturated heterocycles. The highest BCUT2D eigenvalue weighted by Gasteiger charge is 2.49. The van der Waals surface area contributed by atoms with E-state index < -0.39 is 17.7 Å². The van der Waals surface area contributed by atoms with Gasteiger partial charge in [-0.05, 0) is 61.9 Å². The van der Waals surface area contributed by atoms with Crippen LogP contribution in [0.2, 0.25) is 0 Å². The first-order chi connectivity index (χ1) is 15.5. The minimum atomic E-state index is -0.951. The first kappa shape index (κ1) is 21.2. The van der Waals surface area contributed by atoms with Gasteiger partial charge in [0.15, 0.2) is 0 Å². The van der Waals surface area contributed by atoms with E-state index >= 15 is 0 Å². The van der Waals surface area contributed by atoms with Gasteiger partial charge in [-0.3, -0.25) is 14.5 Å². The van der Waals surface area contributed by atoms with Crippen molar-refractivity contribution >= 4 is 23.1 Å². The molecule has 1 amide bonds. The molecule has 4 rings (SSSR count). The summed E-state index contributed by atoms with van der Waals surface area (Å²) in [6, 6.07) is 14.4. The number of furan rings is 1. The minimum Gasteiger partial charge on any atom is -0.507 e. The number of carbonyl (C=O) groups is 2.